The van der Waals surface area contributed by atoms with Crippen molar-refractivity contribution in [3.05, 3.63) is 32.9 Å². The van der Waals surface area contributed by atoms with Crippen molar-refractivity contribution in [2.75, 3.05) is 18.0 Å². The summed E-state index contributed by atoms with van der Waals surface area (Å²) in [5.41, 5.74) is 4.73. The molecule has 108 valence electrons. The van der Waals surface area contributed by atoms with Crippen LogP contribution in [0.3, 0.4) is 0 Å². The number of rotatable bonds is 3. The fourth-order valence-corrected chi connectivity index (χ4v) is 2.49. The number of hydrogen-bond acceptors (Lipinski definition) is 4. The van der Waals surface area contributed by atoms with Crippen molar-refractivity contribution in [2.24, 2.45) is 0 Å². The predicted molar refractivity (Wildman–Crippen MR) is 81.8 cm³/mol. The summed E-state index contributed by atoms with van der Waals surface area (Å²) in [5.74, 6) is 0.519. The van der Waals surface area contributed by atoms with Crippen molar-refractivity contribution in [3.63, 3.8) is 0 Å². The second-order valence-electron chi connectivity index (χ2n) is 5.10. The summed E-state index contributed by atoms with van der Waals surface area (Å²) in [6.45, 7) is 13.7. The highest BCUT2D eigenvalue weighted by Gasteiger charge is 2.15. The first-order valence-electron chi connectivity index (χ1n) is 7.04. The molecule has 20 heavy (non-hydrogen) atoms. The molecule has 0 aliphatic heterocycles. The Morgan fingerprint density at radius 2 is 1.55 bits per heavy atom. The third-order valence-electron chi connectivity index (χ3n) is 4.19. The maximum absolute atomic E-state index is 12.4. The SMILES string of the molecule is CCN(CC)c1nc(=O)n2c(C)c(C)c(C)c(C)c2n1. The molecule has 2 aromatic rings. The number of aromatic nitrogens is 3. The van der Waals surface area contributed by atoms with Crippen molar-refractivity contribution < 1.29 is 0 Å². The number of pyridine rings is 1. The van der Waals surface area contributed by atoms with Crippen LogP contribution in [0.2, 0.25) is 0 Å². The predicted octanol–water partition coefficient (Wildman–Crippen LogP) is 2.17. The highest BCUT2D eigenvalue weighted by molar-refractivity contribution is 5.56. The lowest BCUT2D eigenvalue weighted by Gasteiger charge is -2.20. The van der Waals surface area contributed by atoms with E-state index in [1.165, 1.54) is 5.56 Å². The van der Waals surface area contributed by atoms with Crippen LogP contribution in [-0.2, 0) is 0 Å². The van der Waals surface area contributed by atoms with E-state index in [0.717, 1.165) is 29.9 Å². The molecule has 5 heteroatoms. The number of nitrogens with zero attached hydrogens (tertiary/aromatic N) is 4. The fourth-order valence-electron chi connectivity index (χ4n) is 2.49. The Kier molecular flexibility index (Phi) is 3.79. The molecule has 2 aromatic heterocycles. The summed E-state index contributed by atoms with van der Waals surface area (Å²) in [7, 11) is 0. The van der Waals surface area contributed by atoms with Gasteiger partial charge in [-0.25, -0.2) is 9.20 Å². The quantitative estimate of drug-likeness (QED) is 0.860. The van der Waals surface area contributed by atoms with Crippen LogP contribution in [-0.4, -0.2) is 27.5 Å². The Labute approximate surface area is 119 Å². The molecular formula is C15H22N4O. The molecule has 0 amide bonds. The Balaban J connectivity index is 2.88. The average Bonchev–Trinajstić information content (AvgIpc) is 2.43. The van der Waals surface area contributed by atoms with Crippen LogP contribution in [0.15, 0.2) is 4.79 Å². The molecular weight excluding hydrogens is 252 g/mol. The van der Waals surface area contributed by atoms with E-state index in [9.17, 15) is 4.79 Å². The third kappa shape index (κ3) is 2.07. The van der Waals surface area contributed by atoms with Gasteiger partial charge in [0.2, 0.25) is 5.95 Å². The summed E-state index contributed by atoms with van der Waals surface area (Å²) in [5, 5.41) is 0. The zero-order chi connectivity index (χ0) is 15.0. The number of hydrogen-bond donors (Lipinski definition) is 0. The van der Waals surface area contributed by atoms with Gasteiger partial charge in [-0.1, -0.05) is 0 Å². The van der Waals surface area contributed by atoms with Crippen LogP contribution >= 0.6 is 0 Å². The normalized spacial score (nSPS) is 11.1. The molecule has 0 aliphatic rings. The lowest BCUT2D eigenvalue weighted by Crippen LogP contribution is -2.30. The smallest absolute Gasteiger partial charge is 0.341 e. The van der Waals surface area contributed by atoms with Gasteiger partial charge in [0.1, 0.15) is 5.65 Å². The van der Waals surface area contributed by atoms with E-state index >= 15 is 0 Å². The molecule has 0 saturated carbocycles. The molecule has 0 spiro atoms. The zero-order valence-corrected chi connectivity index (χ0v) is 13.1. The first-order valence-corrected chi connectivity index (χ1v) is 7.04. The van der Waals surface area contributed by atoms with Crippen LogP contribution < -0.4 is 10.6 Å². The minimum absolute atomic E-state index is 0.249. The molecule has 0 bridgehead atoms. The topological polar surface area (TPSA) is 50.5 Å². The molecule has 2 heterocycles. The first-order chi connectivity index (χ1) is 9.42. The van der Waals surface area contributed by atoms with Crippen LogP contribution in [0.5, 0.6) is 0 Å². The van der Waals surface area contributed by atoms with Gasteiger partial charge >= 0.3 is 5.69 Å². The largest absolute Gasteiger partial charge is 0.356 e. The molecule has 2 rings (SSSR count). The Morgan fingerprint density at radius 3 is 2.10 bits per heavy atom. The second-order valence-corrected chi connectivity index (χ2v) is 5.10. The highest BCUT2D eigenvalue weighted by atomic mass is 16.1. The van der Waals surface area contributed by atoms with Gasteiger partial charge in [-0.05, 0) is 58.2 Å². The van der Waals surface area contributed by atoms with E-state index in [4.69, 9.17) is 0 Å². The van der Waals surface area contributed by atoms with Crippen LogP contribution in [0, 0.1) is 27.7 Å². The number of fused-ring (bicyclic) bond motifs is 1. The summed E-state index contributed by atoms with van der Waals surface area (Å²) in [4.78, 5) is 23.1. The van der Waals surface area contributed by atoms with E-state index in [2.05, 4.69) is 16.9 Å². The van der Waals surface area contributed by atoms with Crippen molar-refractivity contribution in [1.29, 1.82) is 0 Å². The fraction of sp³-hybridized carbons (Fsp3) is 0.533. The van der Waals surface area contributed by atoms with Crippen LogP contribution in [0.25, 0.3) is 5.65 Å². The number of anilines is 1. The average molecular weight is 274 g/mol. The molecule has 0 unspecified atom stereocenters. The third-order valence-corrected chi connectivity index (χ3v) is 4.19. The van der Waals surface area contributed by atoms with E-state index < -0.39 is 0 Å². The zero-order valence-electron chi connectivity index (χ0n) is 13.1. The monoisotopic (exact) mass is 274 g/mol. The molecule has 0 saturated heterocycles. The Bertz CT molecular complexity index is 714. The van der Waals surface area contributed by atoms with E-state index in [-0.39, 0.29) is 5.69 Å². The van der Waals surface area contributed by atoms with Gasteiger partial charge in [0.15, 0.2) is 0 Å². The molecule has 0 aromatic carbocycles. The van der Waals surface area contributed by atoms with Crippen molar-refractivity contribution in [1.82, 2.24) is 14.4 Å². The van der Waals surface area contributed by atoms with Gasteiger partial charge in [-0.2, -0.15) is 9.97 Å². The number of aryl methyl sites for hydroxylation is 2. The van der Waals surface area contributed by atoms with E-state index in [1.54, 1.807) is 4.40 Å². The van der Waals surface area contributed by atoms with Crippen LogP contribution in [0.4, 0.5) is 5.95 Å². The summed E-state index contributed by atoms with van der Waals surface area (Å²) in [6, 6.07) is 0. The molecule has 0 radical (unpaired) electrons. The molecule has 0 atom stereocenters. The van der Waals surface area contributed by atoms with Gasteiger partial charge in [0.05, 0.1) is 0 Å². The molecule has 5 nitrogen and oxygen atoms in total. The van der Waals surface area contributed by atoms with Crippen molar-refractivity contribution in [2.45, 2.75) is 41.5 Å². The molecule has 0 N–H and O–H groups in total. The summed E-state index contributed by atoms with van der Waals surface area (Å²) < 4.78 is 1.62. The van der Waals surface area contributed by atoms with Crippen molar-refractivity contribution >= 4 is 11.6 Å². The summed E-state index contributed by atoms with van der Waals surface area (Å²) >= 11 is 0. The maximum atomic E-state index is 12.4. The van der Waals surface area contributed by atoms with Crippen LogP contribution in [0.1, 0.15) is 36.2 Å². The first kappa shape index (κ1) is 14.5. The second kappa shape index (κ2) is 5.23. The highest BCUT2D eigenvalue weighted by Crippen LogP contribution is 2.20. The minimum atomic E-state index is -0.249. The van der Waals surface area contributed by atoms with Gasteiger partial charge in [-0.15, -0.1) is 0 Å². The van der Waals surface area contributed by atoms with Gasteiger partial charge in [0.25, 0.3) is 0 Å². The van der Waals surface area contributed by atoms with E-state index in [1.807, 2.05) is 39.5 Å². The lowest BCUT2D eigenvalue weighted by molar-refractivity contribution is 0.790. The molecule has 0 aliphatic carbocycles. The standard InChI is InChI=1S/C15H22N4O/c1-7-18(8-2)14-16-13-11(5)9(3)10(4)12(6)19(13)15(20)17-14/h7-8H2,1-6H3. The Hall–Kier alpha value is -1.91. The summed E-state index contributed by atoms with van der Waals surface area (Å²) in [6.07, 6.45) is 0. The van der Waals surface area contributed by atoms with E-state index in [0.29, 0.717) is 11.6 Å². The van der Waals surface area contributed by atoms with Gasteiger partial charge in [0, 0.05) is 18.8 Å². The Morgan fingerprint density at radius 1 is 0.950 bits per heavy atom. The van der Waals surface area contributed by atoms with Gasteiger partial charge in [-0.3, -0.25) is 0 Å². The maximum Gasteiger partial charge on any atom is 0.356 e. The molecule has 0 fully saturated rings. The lowest BCUT2D eigenvalue weighted by atomic mass is 10.0. The van der Waals surface area contributed by atoms with Gasteiger partial charge < -0.3 is 4.90 Å². The van der Waals surface area contributed by atoms with Crippen molar-refractivity contribution in [3.8, 4) is 0 Å². The minimum Gasteiger partial charge on any atom is -0.341 e.